The monoisotopic (exact) mass is 480 g/mol. The van der Waals surface area contributed by atoms with Crippen molar-refractivity contribution in [3.8, 4) is 5.82 Å². The molecule has 1 aromatic carbocycles. The molecule has 0 aliphatic heterocycles. The van der Waals surface area contributed by atoms with E-state index in [1.165, 1.54) is 11.0 Å². The van der Waals surface area contributed by atoms with Gasteiger partial charge in [0, 0.05) is 19.3 Å². The number of likely N-dealkylation sites (N-methyl/N-ethyl adjacent to an activating group) is 1. The summed E-state index contributed by atoms with van der Waals surface area (Å²) in [5.41, 5.74) is 2.37. The Balaban J connectivity index is 1.65. The van der Waals surface area contributed by atoms with E-state index in [-0.39, 0.29) is 17.3 Å². The number of rotatable bonds is 6. The molecule has 162 valence electrons. The average Bonchev–Trinajstić information content (AvgIpc) is 3.07. The fraction of sp³-hybridized carbons (Fsp3) is 0.238. The summed E-state index contributed by atoms with van der Waals surface area (Å²) in [5.74, 6) is -0.778. The number of nitrogens with zero attached hydrogens (tertiary/aromatic N) is 4. The summed E-state index contributed by atoms with van der Waals surface area (Å²) in [4.78, 5) is 30.6. The maximum absolute atomic E-state index is 12.5. The molecule has 0 bridgehead atoms. The molecule has 10 heteroatoms. The van der Waals surface area contributed by atoms with Crippen molar-refractivity contribution in [3.05, 3.63) is 74.1 Å². The quantitative estimate of drug-likeness (QED) is 0.479. The topological polar surface area (TPSA) is 77.3 Å². The summed E-state index contributed by atoms with van der Waals surface area (Å²) in [6, 6.07) is 10.2. The number of carbonyl (C=O) groups is 2. The molecule has 0 atom stereocenters. The Bertz CT molecular complexity index is 1150. The maximum Gasteiger partial charge on any atom is 0.359 e. The van der Waals surface area contributed by atoms with Crippen molar-refractivity contribution in [3.63, 3.8) is 0 Å². The molecule has 0 unspecified atom stereocenters. The zero-order valence-electron chi connectivity index (χ0n) is 17.0. The Morgan fingerprint density at radius 1 is 1.03 bits per heavy atom. The molecule has 0 aliphatic rings. The number of esters is 1. The van der Waals surface area contributed by atoms with E-state index in [0.29, 0.717) is 15.9 Å². The van der Waals surface area contributed by atoms with Crippen molar-refractivity contribution in [1.29, 1.82) is 0 Å². The van der Waals surface area contributed by atoms with Gasteiger partial charge in [0.05, 0.1) is 20.8 Å². The van der Waals surface area contributed by atoms with Crippen LogP contribution in [0.3, 0.4) is 0 Å². The number of aromatic nitrogens is 3. The molecule has 0 saturated heterocycles. The van der Waals surface area contributed by atoms with Gasteiger partial charge in [-0.25, -0.2) is 14.5 Å². The summed E-state index contributed by atoms with van der Waals surface area (Å²) >= 11 is 18.0. The van der Waals surface area contributed by atoms with Crippen LogP contribution in [0.25, 0.3) is 5.82 Å². The van der Waals surface area contributed by atoms with Gasteiger partial charge in [0.25, 0.3) is 5.91 Å². The van der Waals surface area contributed by atoms with E-state index in [1.54, 1.807) is 36.0 Å². The lowest BCUT2D eigenvalue weighted by atomic mass is 10.2. The fourth-order valence-electron chi connectivity index (χ4n) is 2.86. The zero-order chi connectivity index (χ0) is 22.7. The van der Waals surface area contributed by atoms with Crippen molar-refractivity contribution < 1.29 is 14.3 Å². The first-order chi connectivity index (χ1) is 14.7. The minimum absolute atomic E-state index is 0.0911. The van der Waals surface area contributed by atoms with Crippen LogP contribution in [-0.2, 0) is 16.1 Å². The molecule has 0 radical (unpaired) electrons. The van der Waals surface area contributed by atoms with E-state index in [2.05, 4.69) is 10.1 Å². The third kappa shape index (κ3) is 5.55. The van der Waals surface area contributed by atoms with Crippen molar-refractivity contribution in [2.24, 2.45) is 0 Å². The molecule has 3 rings (SSSR count). The molecular weight excluding hydrogens is 463 g/mol. The van der Waals surface area contributed by atoms with Gasteiger partial charge in [0.2, 0.25) is 0 Å². The van der Waals surface area contributed by atoms with Crippen LogP contribution >= 0.6 is 34.8 Å². The second-order valence-corrected chi connectivity index (χ2v) is 8.13. The van der Waals surface area contributed by atoms with Crippen LogP contribution in [0.5, 0.6) is 0 Å². The average molecular weight is 482 g/mol. The van der Waals surface area contributed by atoms with E-state index < -0.39 is 18.5 Å². The number of carbonyl (C=O) groups excluding carboxylic acids is 2. The molecule has 1 amide bonds. The van der Waals surface area contributed by atoms with Crippen molar-refractivity contribution >= 4 is 46.7 Å². The summed E-state index contributed by atoms with van der Waals surface area (Å²) in [6.07, 6.45) is 0. The van der Waals surface area contributed by atoms with Crippen molar-refractivity contribution in [2.75, 3.05) is 13.7 Å². The highest BCUT2D eigenvalue weighted by molar-refractivity contribution is 6.42. The molecule has 0 saturated carbocycles. The Labute approximate surface area is 194 Å². The standard InChI is InChI=1S/C21H19Cl3N4O3/c1-12-8-13(2)28(26-12)18-7-6-16(23)20(25-18)21(30)31-11-19(29)27(3)10-14-4-5-15(22)17(24)9-14/h4-9H,10-11H2,1-3H3. The Morgan fingerprint density at radius 2 is 1.74 bits per heavy atom. The van der Waals surface area contributed by atoms with Crippen LogP contribution in [0.1, 0.15) is 27.4 Å². The fourth-order valence-corrected chi connectivity index (χ4v) is 3.36. The van der Waals surface area contributed by atoms with Gasteiger partial charge in [0.1, 0.15) is 0 Å². The van der Waals surface area contributed by atoms with Gasteiger partial charge < -0.3 is 9.64 Å². The number of amides is 1. The zero-order valence-corrected chi connectivity index (χ0v) is 19.3. The highest BCUT2D eigenvalue weighted by Crippen LogP contribution is 2.23. The van der Waals surface area contributed by atoms with Gasteiger partial charge in [-0.3, -0.25) is 4.79 Å². The van der Waals surface area contributed by atoms with Gasteiger partial charge in [-0.1, -0.05) is 40.9 Å². The SMILES string of the molecule is Cc1cc(C)n(-c2ccc(Cl)c(C(=O)OCC(=O)N(C)Cc3ccc(Cl)c(Cl)c3)n2)n1. The number of pyridine rings is 1. The molecule has 2 aromatic heterocycles. The third-order valence-corrected chi connectivity index (χ3v) is 5.45. The summed E-state index contributed by atoms with van der Waals surface area (Å²) < 4.78 is 6.74. The molecule has 2 heterocycles. The second kappa shape index (κ2) is 9.68. The van der Waals surface area contributed by atoms with E-state index in [4.69, 9.17) is 39.5 Å². The minimum atomic E-state index is -0.801. The lowest BCUT2D eigenvalue weighted by Gasteiger charge is -2.17. The lowest BCUT2D eigenvalue weighted by molar-refractivity contribution is -0.133. The first-order valence-electron chi connectivity index (χ1n) is 9.21. The smallest absolute Gasteiger partial charge is 0.359 e. The van der Waals surface area contributed by atoms with Crippen LogP contribution in [0.2, 0.25) is 15.1 Å². The first-order valence-corrected chi connectivity index (χ1v) is 10.3. The van der Waals surface area contributed by atoms with Crippen LogP contribution in [-0.4, -0.2) is 45.2 Å². The number of halogens is 3. The molecule has 7 nitrogen and oxygen atoms in total. The first kappa shape index (κ1) is 23.1. The van der Waals surface area contributed by atoms with Gasteiger partial charge in [-0.2, -0.15) is 5.10 Å². The minimum Gasteiger partial charge on any atom is -0.451 e. The van der Waals surface area contributed by atoms with E-state index in [9.17, 15) is 9.59 Å². The Hall–Kier alpha value is -2.61. The lowest BCUT2D eigenvalue weighted by Crippen LogP contribution is -2.31. The summed E-state index contributed by atoms with van der Waals surface area (Å²) in [7, 11) is 1.59. The number of aryl methyl sites for hydroxylation is 2. The number of hydrogen-bond acceptors (Lipinski definition) is 5. The third-order valence-electron chi connectivity index (χ3n) is 4.41. The van der Waals surface area contributed by atoms with Gasteiger partial charge >= 0.3 is 5.97 Å². The molecule has 0 aliphatic carbocycles. The number of benzene rings is 1. The Kier molecular flexibility index (Phi) is 7.20. The van der Waals surface area contributed by atoms with Crippen molar-refractivity contribution in [1.82, 2.24) is 19.7 Å². The van der Waals surface area contributed by atoms with Crippen LogP contribution in [0, 0.1) is 13.8 Å². The number of hydrogen-bond donors (Lipinski definition) is 0. The largest absolute Gasteiger partial charge is 0.451 e. The second-order valence-electron chi connectivity index (χ2n) is 6.91. The molecular formula is C21H19Cl3N4O3. The predicted molar refractivity (Wildman–Crippen MR) is 119 cm³/mol. The van der Waals surface area contributed by atoms with E-state index in [1.807, 2.05) is 19.9 Å². The normalized spacial score (nSPS) is 10.8. The molecule has 3 aromatic rings. The Morgan fingerprint density at radius 3 is 2.39 bits per heavy atom. The van der Waals surface area contributed by atoms with Gasteiger partial charge in [-0.15, -0.1) is 0 Å². The molecule has 0 N–H and O–H groups in total. The molecule has 0 fully saturated rings. The van der Waals surface area contributed by atoms with Gasteiger partial charge in [0.15, 0.2) is 18.1 Å². The highest BCUT2D eigenvalue weighted by Gasteiger charge is 2.19. The van der Waals surface area contributed by atoms with Crippen LogP contribution < -0.4 is 0 Å². The number of ether oxygens (including phenoxy) is 1. The van der Waals surface area contributed by atoms with Crippen molar-refractivity contribution in [2.45, 2.75) is 20.4 Å². The van der Waals surface area contributed by atoms with Crippen LogP contribution in [0.4, 0.5) is 0 Å². The van der Waals surface area contributed by atoms with E-state index in [0.717, 1.165) is 17.0 Å². The summed E-state index contributed by atoms with van der Waals surface area (Å²) in [6.45, 7) is 3.55. The predicted octanol–water partition coefficient (Wildman–Crippen LogP) is 4.66. The molecule has 31 heavy (non-hydrogen) atoms. The van der Waals surface area contributed by atoms with Crippen LogP contribution in [0.15, 0.2) is 36.4 Å². The van der Waals surface area contributed by atoms with Gasteiger partial charge in [-0.05, 0) is 49.7 Å². The highest BCUT2D eigenvalue weighted by atomic mass is 35.5. The molecule has 0 spiro atoms. The van der Waals surface area contributed by atoms with E-state index >= 15 is 0 Å². The maximum atomic E-state index is 12.5. The summed E-state index contributed by atoms with van der Waals surface area (Å²) in [5, 5.41) is 5.29.